The molecule has 1 heteroatoms. The monoisotopic (exact) mass is 316 g/mol. The molecule has 19 heavy (non-hydrogen) atoms. The first-order chi connectivity index (χ1) is 8.88. The van der Waals surface area contributed by atoms with Gasteiger partial charge in [-0.1, -0.05) is 90.8 Å². The number of alkyl halides is 1. The van der Waals surface area contributed by atoms with E-state index in [-0.39, 0.29) is 10.2 Å². The molecule has 0 aromatic heterocycles. The number of hydrogen-bond acceptors (Lipinski definition) is 0. The summed E-state index contributed by atoms with van der Waals surface area (Å²) in [5, 5.41) is 0. The van der Waals surface area contributed by atoms with Crippen LogP contribution in [0.2, 0.25) is 0 Å². The maximum Gasteiger partial charge on any atom is 0.0644 e. The lowest BCUT2D eigenvalue weighted by Crippen LogP contribution is -2.10. The van der Waals surface area contributed by atoms with Crippen molar-refractivity contribution in [3.63, 3.8) is 0 Å². The standard InChI is InChI=1S/C18H21Br/c1-13-6-5-7-15(12-13)17(19)14-8-10-16(11-9-14)18(2,3)4/h5-12,17H,1-4H3. The number of benzene rings is 2. The Morgan fingerprint density at radius 2 is 1.53 bits per heavy atom. The van der Waals surface area contributed by atoms with E-state index in [1.807, 2.05) is 0 Å². The highest BCUT2D eigenvalue weighted by Gasteiger charge is 2.15. The summed E-state index contributed by atoms with van der Waals surface area (Å²) in [6, 6.07) is 17.6. The van der Waals surface area contributed by atoms with E-state index in [0.29, 0.717) is 0 Å². The molecular formula is C18H21Br. The van der Waals surface area contributed by atoms with Crippen LogP contribution >= 0.6 is 15.9 Å². The van der Waals surface area contributed by atoms with Crippen molar-refractivity contribution in [1.82, 2.24) is 0 Å². The van der Waals surface area contributed by atoms with Crippen molar-refractivity contribution in [2.75, 3.05) is 0 Å². The van der Waals surface area contributed by atoms with Crippen LogP contribution in [0, 0.1) is 6.92 Å². The van der Waals surface area contributed by atoms with Crippen molar-refractivity contribution in [1.29, 1.82) is 0 Å². The molecular weight excluding hydrogens is 296 g/mol. The first-order valence-electron chi connectivity index (χ1n) is 6.69. The minimum absolute atomic E-state index is 0.212. The number of hydrogen-bond donors (Lipinski definition) is 0. The molecule has 2 rings (SSSR count). The molecule has 0 aliphatic heterocycles. The lowest BCUT2D eigenvalue weighted by Gasteiger charge is -2.20. The van der Waals surface area contributed by atoms with Crippen molar-refractivity contribution < 1.29 is 0 Å². The Hall–Kier alpha value is -1.08. The smallest absolute Gasteiger partial charge is 0.0644 e. The molecule has 2 aromatic carbocycles. The first kappa shape index (κ1) is 14.3. The Labute approximate surface area is 125 Å². The van der Waals surface area contributed by atoms with Gasteiger partial charge in [0, 0.05) is 0 Å². The van der Waals surface area contributed by atoms with Crippen LogP contribution in [0.5, 0.6) is 0 Å². The summed E-state index contributed by atoms with van der Waals surface area (Å²) < 4.78 is 0. The summed E-state index contributed by atoms with van der Waals surface area (Å²) in [5.41, 5.74) is 5.50. The molecule has 0 spiro atoms. The zero-order chi connectivity index (χ0) is 14.0. The van der Waals surface area contributed by atoms with E-state index in [1.165, 1.54) is 22.3 Å². The van der Waals surface area contributed by atoms with Crippen molar-refractivity contribution in [3.8, 4) is 0 Å². The fourth-order valence-corrected chi connectivity index (χ4v) is 2.76. The van der Waals surface area contributed by atoms with E-state index in [4.69, 9.17) is 0 Å². The van der Waals surface area contributed by atoms with Crippen LogP contribution in [0.3, 0.4) is 0 Å². The summed E-state index contributed by atoms with van der Waals surface area (Å²) >= 11 is 3.80. The van der Waals surface area contributed by atoms with Gasteiger partial charge in [0.1, 0.15) is 0 Å². The molecule has 0 aliphatic carbocycles. The topological polar surface area (TPSA) is 0 Å². The molecule has 100 valence electrons. The normalized spacial score (nSPS) is 13.3. The second kappa shape index (κ2) is 5.50. The van der Waals surface area contributed by atoms with Crippen molar-refractivity contribution in [3.05, 3.63) is 70.8 Å². The van der Waals surface area contributed by atoms with Gasteiger partial charge in [-0.25, -0.2) is 0 Å². The SMILES string of the molecule is Cc1cccc(C(Br)c2ccc(C(C)(C)C)cc2)c1. The maximum atomic E-state index is 3.80. The van der Waals surface area contributed by atoms with E-state index >= 15 is 0 Å². The van der Waals surface area contributed by atoms with Gasteiger partial charge in [0.15, 0.2) is 0 Å². The van der Waals surface area contributed by atoms with Gasteiger partial charge in [-0.3, -0.25) is 0 Å². The Morgan fingerprint density at radius 3 is 2.05 bits per heavy atom. The predicted molar refractivity (Wildman–Crippen MR) is 87.1 cm³/mol. The highest BCUT2D eigenvalue weighted by molar-refractivity contribution is 9.09. The third-order valence-corrected chi connectivity index (χ3v) is 4.46. The van der Waals surface area contributed by atoms with E-state index < -0.39 is 0 Å². The molecule has 0 aliphatic rings. The van der Waals surface area contributed by atoms with Gasteiger partial charge in [-0.05, 0) is 29.0 Å². The molecule has 0 N–H and O–H groups in total. The summed E-state index contributed by atoms with van der Waals surface area (Å²) in [6.07, 6.45) is 0. The molecule has 0 amide bonds. The molecule has 0 saturated heterocycles. The average molecular weight is 317 g/mol. The largest absolute Gasteiger partial charge is 0.0786 e. The van der Waals surface area contributed by atoms with Crippen LogP contribution < -0.4 is 0 Å². The fraction of sp³-hybridized carbons (Fsp3) is 0.333. The molecule has 1 atom stereocenters. The molecule has 0 nitrogen and oxygen atoms in total. The second-order valence-electron chi connectivity index (χ2n) is 6.15. The van der Waals surface area contributed by atoms with Gasteiger partial charge in [-0.15, -0.1) is 0 Å². The third kappa shape index (κ3) is 3.48. The van der Waals surface area contributed by atoms with Gasteiger partial charge in [-0.2, -0.15) is 0 Å². The number of aryl methyl sites for hydroxylation is 1. The highest BCUT2D eigenvalue weighted by Crippen LogP contribution is 2.32. The molecule has 0 heterocycles. The maximum absolute atomic E-state index is 3.80. The molecule has 0 radical (unpaired) electrons. The number of rotatable bonds is 2. The minimum atomic E-state index is 0.212. The van der Waals surface area contributed by atoms with Crippen LogP contribution in [0.15, 0.2) is 48.5 Å². The zero-order valence-corrected chi connectivity index (χ0v) is 13.7. The van der Waals surface area contributed by atoms with Crippen LogP contribution in [-0.4, -0.2) is 0 Å². The predicted octanol–water partition coefficient (Wildman–Crippen LogP) is 5.78. The van der Waals surface area contributed by atoms with Crippen LogP contribution in [-0.2, 0) is 5.41 Å². The van der Waals surface area contributed by atoms with Crippen LogP contribution in [0.4, 0.5) is 0 Å². The lowest BCUT2D eigenvalue weighted by molar-refractivity contribution is 0.590. The van der Waals surface area contributed by atoms with Crippen molar-refractivity contribution in [2.24, 2.45) is 0 Å². The number of halogens is 1. The lowest BCUT2D eigenvalue weighted by atomic mass is 9.86. The van der Waals surface area contributed by atoms with Crippen LogP contribution in [0.1, 0.15) is 47.9 Å². The first-order valence-corrected chi connectivity index (χ1v) is 7.60. The molecule has 1 unspecified atom stereocenters. The minimum Gasteiger partial charge on any atom is -0.0786 e. The van der Waals surface area contributed by atoms with E-state index in [0.717, 1.165) is 0 Å². The highest BCUT2D eigenvalue weighted by atomic mass is 79.9. The average Bonchev–Trinajstić information content (AvgIpc) is 2.37. The molecule has 0 fully saturated rings. The van der Waals surface area contributed by atoms with Crippen molar-refractivity contribution >= 4 is 15.9 Å². The Kier molecular flexibility index (Phi) is 4.15. The summed E-state index contributed by atoms with van der Waals surface area (Å²) in [5.74, 6) is 0. The summed E-state index contributed by atoms with van der Waals surface area (Å²) in [7, 11) is 0. The second-order valence-corrected chi connectivity index (χ2v) is 7.06. The molecule has 2 aromatic rings. The summed E-state index contributed by atoms with van der Waals surface area (Å²) in [4.78, 5) is 0.265. The third-order valence-electron chi connectivity index (χ3n) is 3.40. The molecule has 0 bridgehead atoms. The zero-order valence-electron chi connectivity index (χ0n) is 12.1. The van der Waals surface area contributed by atoms with Gasteiger partial charge in [0.2, 0.25) is 0 Å². The van der Waals surface area contributed by atoms with Gasteiger partial charge >= 0.3 is 0 Å². The van der Waals surface area contributed by atoms with E-state index in [9.17, 15) is 0 Å². The molecule has 0 saturated carbocycles. The van der Waals surface area contributed by atoms with E-state index in [2.05, 4.69) is 92.2 Å². The Morgan fingerprint density at radius 1 is 0.895 bits per heavy atom. The fourth-order valence-electron chi connectivity index (χ4n) is 2.17. The van der Waals surface area contributed by atoms with Gasteiger partial charge in [0.05, 0.1) is 4.83 Å². The van der Waals surface area contributed by atoms with Gasteiger partial charge < -0.3 is 0 Å². The van der Waals surface area contributed by atoms with E-state index in [1.54, 1.807) is 0 Å². The van der Waals surface area contributed by atoms with Crippen LogP contribution in [0.25, 0.3) is 0 Å². The van der Waals surface area contributed by atoms with Crippen molar-refractivity contribution in [2.45, 2.75) is 37.9 Å². The quantitative estimate of drug-likeness (QED) is 0.616. The Bertz CT molecular complexity index is 547. The summed E-state index contributed by atoms with van der Waals surface area (Å²) in [6.45, 7) is 8.86. The Balaban J connectivity index is 2.27. The van der Waals surface area contributed by atoms with Gasteiger partial charge in [0.25, 0.3) is 0 Å².